The summed E-state index contributed by atoms with van der Waals surface area (Å²) in [6.45, 7) is 5.55. The number of aromatic nitrogens is 1. The van der Waals surface area contributed by atoms with E-state index in [1.807, 2.05) is 43.3 Å². The van der Waals surface area contributed by atoms with Gasteiger partial charge in [-0.25, -0.2) is 9.78 Å². The van der Waals surface area contributed by atoms with Crippen LogP contribution >= 0.6 is 11.8 Å². The van der Waals surface area contributed by atoms with Crippen LogP contribution in [0.5, 0.6) is 0 Å². The molecule has 1 amide bonds. The standard InChI is InChI=1S/C20H21N3O3S/c1-4-26-20(25)17-10-16(11-21)19(23-14(17)3)27-12-18(24)22-13(2)15-8-6-5-7-9-15/h5-10,13H,4,12H2,1-3H3,(H,22,24)/t13-/m1/s1. The van der Waals surface area contributed by atoms with Crippen LogP contribution in [0.4, 0.5) is 0 Å². The summed E-state index contributed by atoms with van der Waals surface area (Å²) in [5, 5.41) is 12.7. The normalized spacial score (nSPS) is 11.3. The van der Waals surface area contributed by atoms with Crippen LogP contribution in [0.3, 0.4) is 0 Å². The van der Waals surface area contributed by atoms with Gasteiger partial charge in [-0.1, -0.05) is 42.1 Å². The Bertz CT molecular complexity index is 863. The van der Waals surface area contributed by atoms with Gasteiger partial charge < -0.3 is 10.1 Å². The number of esters is 1. The lowest BCUT2D eigenvalue weighted by Gasteiger charge is -2.14. The molecule has 0 spiro atoms. The minimum Gasteiger partial charge on any atom is -0.462 e. The molecule has 1 N–H and O–H groups in total. The fraction of sp³-hybridized carbons (Fsp3) is 0.300. The third-order valence-electron chi connectivity index (χ3n) is 3.81. The molecule has 0 aliphatic heterocycles. The number of thioether (sulfide) groups is 1. The molecule has 0 aliphatic carbocycles. The van der Waals surface area contributed by atoms with Crippen molar-refractivity contribution in [2.75, 3.05) is 12.4 Å². The molecule has 27 heavy (non-hydrogen) atoms. The molecule has 1 aromatic carbocycles. The fourth-order valence-electron chi connectivity index (χ4n) is 2.43. The molecule has 0 unspecified atom stereocenters. The summed E-state index contributed by atoms with van der Waals surface area (Å²) in [6.07, 6.45) is 0. The van der Waals surface area contributed by atoms with Gasteiger partial charge in [0.1, 0.15) is 11.1 Å². The first kappa shape index (κ1) is 20.5. The number of ether oxygens (including phenoxy) is 1. The Labute approximate surface area is 162 Å². The minimum atomic E-state index is -0.509. The first-order valence-corrected chi connectivity index (χ1v) is 9.50. The lowest BCUT2D eigenvalue weighted by atomic mass is 10.1. The molecule has 0 radical (unpaired) electrons. The molecular formula is C20H21N3O3S. The van der Waals surface area contributed by atoms with Gasteiger partial charge in [0.2, 0.25) is 5.91 Å². The summed E-state index contributed by atoms with van der Waals surface area (Å²) in [6, 6.07) is 13.0. The molecule has 0 fully saturated rings. The molecule has 140 valence electrons. The van der Waals surface area contributed by atoms with Crippen molar-refractivity contribution in [1.82, 2.24) is 10.3 Å². The predicted molar refractivity (Wildman–Crippen MR) is 103 cm³/mol. The number of aryl methyl sites for hydroxylation is 1. The van der Waals surface area contributed by atoms with E-state index >= 15 is 0 Å². The van der Waals surface area contributed by atoms with E-state index in [0.29, 0.717) is 10.7 Å². The third-order valence-corrected chi connectivity index (χ3v) is 4.80. The van der Waals surface area contributed by atoms with Crippen LogP contribution < -0.4 is 5.32 Å². The SMILES string of the molecule is CCOC(=O)c1cc(C#N)c(SCC(=O)N[C@H](C)c2ccccc2)nc1C. The van der Waals surface area contributed by atoms with E-state index in [2.05, 4.69) is 10.3 Å². The maximum Gasteiger partial charge on any atom is 0.340 e. The second-order valence-corrected chi connectivity index (χ2v) is 6.76. The second-order valence-electron chi connectivity index (χ2n) is 5.79. The molecule has 0 saturated carbocycles. The minimum absolute atomic E-state index is 0.115. The van der Waals surface area contributed by atoms with Gasteiger partial charge in [0.25, 0.3) is 0 Å². The van der Waals surface area contributed by atoms with Crippen molar-refractivity contribution in [3.63, 3.8) is 0 Å². The summed E-state index contributed by atoms with van der Waals surface area (Å²) >= 11 is 1.17. The number of nitrogens with zero attached hydrogens (tertiary/aromatic N) is 2. The van der Waals surface area contributed by atoms with Crippen molar-refractivity contribution < 1.29 is 14.3 Å². The molecule has 0 saturated heterocycles. The van der Waals surface area contributed by atoms with Gasteiger partial charge in [0, 0.05) is 0 Å². The molecule has 1 aromatic heterocycles. The van der Waals surface area contributed by atoms with Gasteiger partial charge in [0.15, 0.2) is 0 Å². The number of pyridine rings is 1. The van der Waals surface area contributed by atoms with Crippen molar-refractivity contribution in [3.05, 3.63) is 58.8 Å². The highest BCUT2D eigenvalue weighted by atomic mass is 32.2. The highest BCUT2D eigenvalue weighted by molar-refractivity contribution is 8.00. The summed E-state index contributed by atoms with van der Waals surface area (Å²) < 4.78 is 4.97. The number of carbonyl (C=O) groups excluding carboxylic acids is 2. The Morgan fingerprint density at radius 1 is 1.33 bits per heavy atom. The zero-order chi connectivity index (χ0) is 19.8. The highest BCUT2D eigenvalue weighted by Gasteiger charge is 2.17. The van der Waals surface area contributed by atoms with Crippen LogP contribution in [-0.4, -0.2) is 29.2 Å². The lowest BCUT2D eigenvalue weighted by molar-refractivity contribution is -0.119. The number of carbonyl (C=O) groups is 2. The molecule has 0 aliphatic rings. The topological polar surface area (TPSA) is 92.1 Å². The van der Waals surface area contributed by atoms with Crippen molar-refractivity contribution >= 4 is 23.6 Å². The molecular weight excluding hydrogens is 362 g/mol. The average Bonchev–Trinajstić information content (AvgIpc) is 2.67. The molecule has 7 heteroatoms. The van der Waals surface area contributed by atoms with E-state index in [-0.39, 0.29) is 35.4 Å². The molecule has 2 aromatic rings. The maximum absolute atomic E-state index is 12.2. The zero-order valence-electron chi connectivity index (χ0n) is 15.5. The zero-order valence-corrected chi connectivity index (χ0v) is 16.3. The molecule has 1 heterocycles. The number of nitrogens with one attached hydrogen (secondary N) is 1. The number of amides is 1. The van der Waals surface area contributed by atoms with E-state index in [1.54, 1.807) is 13.8 Å². The van der Waals surface area contributed by atoms with Gasteiger partial charge in [-0.05, 0) is 32.4 Å². The number of rotatable bonds is 7. The van der Waals surface area contributed by atoms with Gasteiger partial charge in [-0.3, -0.25) is 4.79 Å². The number of nitriles is 1. The number of hydrogen-bond donors (Lipinski definition) is 1. The van der Waals surface area contributed by atoms with Gasteiger partial charge in [-0.15, -0.1) is 0 Å². The Hall–Kier alpha value is -2.85. The third kappa shape index (κ3) is 5.56. The van der Waals surface area contributed by atoms with E-state index in [0.717, 1.165) is 5.56 Å². The Morgan fingerprint density at radius 2 is 2.04 bits per heavy atom. The van der Waals surface area contributed by atoms with E-state index in [9.17, 15) is 14.9 Å². The van der Waals surface area contributed by atoms with Crippen LogP contribution in [0.25, 0.3) is 0 Å². The van der Waals surface area contributed by atoms with Gasteiger partial charge in [-0.2, -0.15) is 5.26 Å². The van der Waals surface area contributed by atoms with Gasteiger partial charge in [0.05, 0.1) is 35.2 Å². The van der Waals surface area contributed by atoms with Crippen LogP contribution in [0.1, 0.15) is 47.1 Å². The smallest absolute Gasteiger partial charge is 0.340 e. The van der Waals surface area contributed by atoms with E-state index in [1.165, 1.54) is 17.8 Å². The number of hydrogen-bond acceptors (Lipinski definition) is 6. The Balaban J connectivity index is 2.04. The number of benzene rings is 1. The highest BCUT2D eigenvalue weighted by Crippen LogP contribution is 2.23. The van der Waals surface area contributed by atoms with Crippen molar-refractivity contribution in [2.45, 2.75) is 31.8 Å². The summed E-state index contributed by atoms with van der Waals surface area (Å²) in [4.78, 5) is 28.5. The van der Waals surface area contributed by atoms with E-state index < -0.39 is 5.97 Å². The Kier molecular flexibility index (Phi) is 7.38. The average molecular weight is 383 g/mol. The van der Waals surface area contributed by atoms with Crippen molar-refractivity contribution in [2.24, 2.45) is 0 Å². The van der Waals surface area contributed by atoms with Crippen molar-refractivity contribution in [1.29, 1.82) is 5.26 Å². The summed E-state index contributed by atoms with van der Waals surface area (Å²) in [5.41, 5.74) is 1.99. The van der Waals surface area contributed by atoms with E-state index in [4.69, 9.17) is 4.74 Å². The molecule has 6 nitrogen and oxygen atoms in total. The first-order chi connectivity index (χ1) is 13.0. The molecule has 0 bridgehead atoms. The first-order valence-electron chi connectivity index (χ1n) is 8.52. The molecule has 2 rings (SSSR count). The summed E-state index contributed by atoms with van der Waals surface area (Å²) in [5.74, 6) is -0.545. The molecule has 1 atom stereocenters. The summed E-state index contributed by atoms with van der Waals surface area (Å²) in [7, 11) is 0. The second kappa shape index (κ2) is 9.74. The largest absolute Gasteiger partial charge is 0.462 e. The fourth-order valence-corrected chi connectivity index (χ4v) is 3.24. The maximum atomic E-state index is 12.2. The predicted octanol–water partition coefficient (Wildman–Crippen LogP) is 3.41. The van der Waals surface area contributed by atoms with Crippen LogP contribution in [0.15, 0.2) is 41.4 Å². The quantitative estimate of drug-likeness (QED) is 0.582. The van der Waals surface area contributed by atoms with Gasteiger partial charge >= 0.3 is 5.97 Å². The van der Waals surface area contributed by atoms with Crippen LogP contribution in [0.2, 0.25) is 0 Å². The van der Waals surface area contributed by atoms with Crippen molar-refractivity contribution in [3.8, 4) is 6.07 Å². The Morgan fingerprint density at radius 3 is 2.67 bits per heavy atom. The lowest BCUT2D eigenvalue weighted by Crippen LogP contribution is -2.28. The van der Waals surface area contributed by atoms with Crippen LogP contribution in [-0.2, 0) is 9.53 Å². The monoisotopic (exact) mass is 383 g/mol. The van der Waals surface area contributed by atoms with Crippen LogP contribution in [0, 0.1) is 18.3 Å².